The molecule has 1 aromatic rings. The van der Waals surface area contributed by atoms with Crippen LogP contribution < -0.4 is 5.32 Å². The standard InChI is InChI=1S/C11H10BrNO/c1-9(14)13-11-6-4-10(5-7-11)3-2-8-12/h4-7H,8H2,1H3,(H,13,14). The third-order valence-corrected chi connectivity index (χ3v) is 1.79. The largest absolute Gasteiger partial charge is 0.326 e. The number of hydrogen-bond donors (Lipinski definition) is 1. The lowest BCUT2D eigenvalue weighted by molar-refractivity contribution is -0.114. The molecule has 0 heterocycles. The zero-order valence-corrected chi connectivity index (χ0v) is 9.39. The van der Waals surface area contributed by atoms with Gasteiger partial charge in [0, 0.05) is 18.2 Å². The second kappa shape index (κ2) is 5.46. The maximum atomic E-state index is 10.7. The molecule has 0 aliphatic rings. The molecule has 0 atom stereocenters. The molecule has 0 fully saturated rings. The Morgan fingerprint density at radius 2 is 2.07 bits per heavy atom. The average Bonchev–Trinajstić information content (AvgIpc) is 2.16. The number of alkyl halides is 1. The molecule has 2 nitrogen and oxygen atoms in total. The minimum absolute atomic E-state index is 0.0655. The van der Waals surface area contributed by atoms with E-state index in [1.807, 2.05) is 24.3 Å². The minimum Gasteiger partial charge on any atom is -0.326 e. The smallest absolute Gasteiger partial charge is 0.221 e. The predicted molar refractivity (Wildman–Crippen MR) is 61.4 cm³/mol. The van der Waals surface area contributed by atoms with Gasteiger partial charge in [0.1, 0.15) is 0 Å². The first-order valence-electron chi connectivity index (χ1n) is 4.15. The Kier molecular flexibility index (Phi) is 4.21. The number of carbonyl (C=O) groups is 1. The van der Waals surface area contributed by atoms with E-state index in [9.17, 15) is 4.79 Å². The second-order valence-electron chi connectivity index (χ2n) is 2.69. The van der Waals surface area contributed by atoms with E-state index in [2.05, 4.69) is 33.1 Å². The summed E-state index contributed by atoms with van der Waals surface area (Å²) in [5.41, 5.74) is 1.74. The van der Waals surface area contributed by atoms with Gasteiger partial charge in [0.25, 0.3) is 0 Å². The lowest BCUT2D eigenvalue weighted by Crippen LogP contribution is -2.05. The Balaban J connectivity index is 2.73. The van der Waals surface area contributed by atoms with Crippen molar-refractivity contribution < 1.29 is 4.79 Å². The fraction of sp³-hybridized carbons (Fsp3) is 0.182. The second-order valence-corrected chi connectivity index (χ2v) is 3.25. The minimum atomic E-state index is -0.0655. The fourth-order valence-corrected chi connectivity index (χ4v) is 1.12. The number of nitrogens with one attached hydrogen (secondary N) is 1. The Hall–Kier alpha value is -1.27. The van der Waals surface area contributed by atoms with Crippen LogP contribution in [0.5, 0.6) is 0 Å². The van der Waals surface area contributed by atoms with E-state index in [0.29, 0.717) is 5.33 Å². The van der Waals surface area contributed by atoms with E-state index in [0.717, 1.165) is 11.3 Å². The molecule has 3 heteroatoms. The molecule has 0 aliphatic heterocycles. The highest BCUT2D eigenvalue weighted by atomic mass is 79.9. The summed E-state index contributed by atoms with van der Waals surface area (Å²) in [6, 6.07) is 7.42. The fourth-order valence-electron chi connectivity index (χ4n) is 0.976. The number of amides is 1. The summed E-state index contributed by atoms with van der Waals surface area (Å²) in [5, 5.41) is 3.36. The molecule has 0 unspecified atom stereocenters. The number of halogens is 1. The summed E-state index contributed by atoms with van der Waals surface area (Å²) in [4.78, 5) is 10.7. The van der Waals surface area contributed by atoms with Gasteiger partial charge in [-0.05, 0) is 24.3 Å². The predicted octanol–water partition coefficient (Wildman–Crippen LogP) is 2.39. The maximum absolute atomic E-state index is 10.7. The van der Waals surface area contributed by atoms with Crippen LogP contribution in [0.4, 0.5) is 5.69 Å². The van der Waals surface area contributed by atoms with Gasteiger partial charge in [-0.25, -0.2) is 0 Å². The highest BCUT2D eigenvalue weighted by molar-refractivity contribution is 9.09. The van der Waals surface area contributed by atoms with Gasteiger partial charge in [0.15, 0.2) is 0 Å². The van der Waals surface area contributed by atoms with Crippen molar-refractivity contribution in [2.45, 2.75) is 6.92 Å². The Morgan fingerprint density at radius 1 is 1.43 bits per heavy atom. The van der Waals surface area contributed by atoms with Gasteiger partial charge in [-0.1, -0.05) is 27.8 Å². The zero-order valence-electron chi connectivity index (χ0n) is 7.80. The van der Waals surface area contributed by atoms with Gasteiger partial charge in [-0.2, -0.15) is 0 Å². The first-order chi connectivity index (χ1) is 6.72. The third kappa shape index (κ3) is 3.63. The number of benzene rings is 1. The van der Waals surface area contributed by atoms with E-state index in [1.54, 1.807) is 0 Å². The molecular weight excluding hydrogens is 242 g/mol. The number of carbonyl (C=O) groups excluding carboxylic acids is 1. The molecule has 1 rings (SSSR count). The van der Waals surface area contributed by atoms with Crippen molar-refractivity contribution in [1.29, 1.82) is 0 Å². The molecule has 0 saturated carbocycles. The highest BCUT2D eigenvalue weighted by Gasteiger charge is 1.93. The molecule has 14 heavy (non-hydrogen) atoms. The molecule has 72 valence electrons. The summed E-state index contributed by atoms with van der Waals surface area (Å²) in [5.74, 6) is 5.80. The molecule has 0 saturated heterocycles. The number of hydrogen-bond acceptors (Lipinski definition) is 1. The summed E-state index contributed by atoms with van der Waals surface area (Å²) in [6.45, 7) is 1.48. The van der Waals surface area contributed by atoms with Crippen LogP contribution >= 0.6 is 15.9 Å². The van der Waals surface area contributed by atoms with Gasteiger partial charge in [-0.15, -0.1) is 0 Å². The van der Waals surface area contributed by atoms with Crippen LogP contribution in [0.3, 0.4) is 0 Å². The van der Waals surface area contributed by atoms with E-state index in [4.69, 9.17) is 0 Å². The van der Waals surface area contributed by atoms with Crippen LogP contribution in [-0.2, 0) is 4.79 Å². The first-order valence-corrected chi connectivity index (χ1v) is 5.27. The summed E-state index contributed by atoms with van der Waals surface area (Å²) < 4.78 is 0. The van der Waals surface area contributed by atoms with Gasteiger partial charge in [-0.3, -0.25) is 4.79 Å². The van der Waals surface area contributed by atoms with Crippen molar-refractivity contribution in [2.75, 3.05) is 10.6 Å². The number of rotatable bonds is 1. The molecule has 0 spiro atoms. The van der Waals surface area contributed by atoms with Gasteiger partial charge < -0.3 is 5.32 Å². The molecule has 1 aromatic carbocycles. The third-order valence-electron chi connectivity index (χ3n) is 1.50. The average molecular weight is 252 g/mol. The normalized spacial score (nSPS) is 8.71. The van der Waals surface area contributed by atoms with Gasteiger partial charge >= 0.3 is 0 Å². The molecule has 0 aromatic heterocycles. The van der Waals surface area contributed by atoms with Crippen molar-refractivity contribution >= 4 is 27.5 Å². The van der Waals surface area contributed by atoms with Gasteiger partial charge in [0.05, 0.1) is 5.33 Å². The van der Waals surface area contributed by atoms with Crippen LogP contribution in [0.1, 0.15) is 12.5 Å². The Labute approximate surface area is 91.8 Å². The summed E-state index contributed by atoms with van der Waals surface area (Å²) in [6.07, 6.45) is 0. The zero-order chi connectivity index (χ0) is 10.4. The highest BCUT2D eigenvalue weighted by Crippen LogP contribution is 2.08. The van der Waals surface area contributed by atoms with Crippen molar-refractivity contribution in [2.24, 2.45) is 0 Å². The first kappa shape index (κ1) is 10.8. The molecule has 1 amide bonds. The quantitative estimate of drug-likeness (QED) is 0.603. The van der Waals surface area contributed by atoms with E-state index in [1.165, 1.54) is 6.92 Å². The van der Waals surface area contributed by atoms with Crippen molar-refractivity contribution in [1.82, 2.24) is 0 Å². The summed E-state index contributed by atoms with van der Waals surface area (Å²) in [7, 11) is 0. The Morgan fingerprint density at radius 3 is 2.57 bits per heavy atom. The van der Waals surface area contributed by atoms with Crippen LogP contribution in [0.15, 0.2) is 24.3 Å². The monoisotopic (exact) mass is 251 g/mol. The van der Waals surface area contributed by atoms with E-state index in [-0.39, 0.29) is 5.91 Å². The van der Waals surface area contributed by atoms with Crippen molar-refractivity contribution in [3.8, 4) is 11.8 Å². The lowest BCUT2D eigenvalue weighted by atomic mass is 10.2. The van der Waals surface area contributed by atoms with Crippen LogP contribution in [-0.4, -0.2) is 11.2 Å². The topological polar surface area (TPSA) is 29.1 Å². The number of anilines is 1. The van der Waals surface area contributed by atoms with Crippen molar-refractivity contribution in [3.63, 3.8) is 0 Å². The summed E-state index contributed by atoms with van der Waals surface area (Å²) >= 11 is 3.22. The van der Waals surface area contributed by atoms with Crippen molar-refractivity contribution in [3.05, 3.63) is 29.8 Å². The molecule has 0 aliphatic carbocycles. The van der Waals surface area contributed by atoms with Crippen LogP contribution in [0, 0.1) is 11.8 Å². The lowest BCUT2D eigenvalue weighted by Gasteiger charge is -2.00. The molecule has 1 N–H and O–H groups in total. The van der Waals surface area contributed by atoms with E-state index >= 15 is 0 Å². The maximum Gasteiger partial charge on any atom is 0.221 e. The van der Waals surface area contributed by atoms with E-state index < -0.39 is 0 Å². The van der Waals surface area contributed by atoms with Crippen LogP contribution in [0.2, 0.25) is 0 Å². The molecular formula is C11H10BrNO. The Bertz CT molecular complexity index is 373. The van der Waals surface area contributed by atoms with Crippen LogP contribution in [0.25, 0.3) is 0 Å². The molecule has 0 radical (unpaired) electrons. The SMILES string of the molecule is CC(=O)Nc1ccc(C#CCBr)cc1. The molecule has 0 bridgehead atoms. The van der Waals surface area contributed by atoms with Gasteiger partial charge in [0.2, 0.25) is 5.91 Å².